The molecule has 1 fully saturated rings. The van der Waals surface area contributed by atoms with E-state index in [0.29, 0.717) is 37.0 Å². The monoisotopic (exact) mass is 430 g/mol. The third-order valence-electron chi connectivity index (χ3n) is 5.46. The summed E-state index contributed by atoms with van der Waals surface area (Å²) in [5.41, 5.74) is 1.89. The number of fused-ring (bicyclic) bond motifs is 2. The fourth-order valence-electron chi connectivity index (χ4n) is 3.86. The number of pyridine rings is 1. The van der Waals surface area contributed by atoms with Crippen LogP contribution in [-0.2, 0) is 4.74 Å². The van der Waals surface area contributed by atoms with E-state index >= 15 is 0 Å². The van der Waals surface area contributed by atoms with Crippen LogP contribution in [0, 0.1) is 0 Å². The van der Waals surface area contributed by atoms with Gasteiger partial charge in [0.2, 0.25) is 5.88 Å². The van der Waals surface area contributed by atoms with E-state index in [0.717, 1.165) is 21.8 Å². The number of ether oxygens (including phenoxy) is 3. The average molecular weight is 430 g/mol. The van der Waals surface area contributed by atoms with Crippen molar-refractivity contribution in [2.75, 3.05) is 33.4 Å². The smallest absolute Gasteiger partial charge is 0.272 e. The number of carbonyl (C=O) groups is 1. The Morgan fingerprint density at radius 3 is 2.72 bits per heavy atom. The molecule has 1 unspecified atom stereocenters. The number of aromatic nitrogens is 3. The second-order valence-corrected chi connectivity index (χ2v) is 7.48. The van der Waals surface area contributed by atoms with Gasteiger partial charge in [0.05, 0.1) is 36.7 Å². The fourth-order valence-corrected chi connectivity index (χ4v) is 3.86. The maximum absolute atomic E-state index is 13.2. The maximum atomic E-state index is 13.2. The van der Waals surface area contributed by atoms with Gasteiger partial charge in [0.25, 0.3) is 5.91 Å². The van der Waals surface area contributed by atoms with Crippen molar-refractivity contribution in [1.29, 1.82) is 0 Å². The van der Waals surface area contributed by atoms with Gasteiger partial charge in [-0.1, -0.05) is 24.3 Å². The van der Waals surface area contributed by atoms with Gasteiger partial charge in [-0.3, -0.25) is 4.79 Å². The molecule has 5 rings (SSSR count). The molecule has 0 saturated carbocycles. The van der Waals surface area contributed by atoms with Crippen LogP contribution in [0.2, 0.25) is 0 Å². The molecule has 1 atom stereocenters. The third-order valence-corrected chi connectivity index (χ3v) is 5.46. The van der Waals surface area contributed by atoms with E-state index in [1.54, 1.807) is 18.1 Å². The van der Waals surface area contributed by atoms with Crippen molar-refractivity contribution in [3.05, 3.63) is 66.6 Å². The SMILES string of the molecule is COc1cc(C(=O)N2CCOC(COc3ncnc4ccccc34)C2)nc2ccccc12. The molecular formula is C24H22N4O4. The summed E-state index contributed by atoms with van der Waals surface area (Å²) in [5, 5.41) is 1.71. The number of amides is 1. The first-order valence-corrected chi connectivity index (χ1v) is 10.4. The largest absolute Gasteiger partial charge is 0.496 e. The predicted octanol–water partition coefficient (Wildman–Crippen LogP) is 3.11. The summed E-state index contributed by atoms with van der Waals surface area (Å²) in [5.74, 6) is 0.973. The van der Waals surface area contributed by atoms with Crippen molar-refractivity contribution < 1.29 is 19.0 Å². The number of carbonyl (C=O) groups excluding carboxylic acids is 1. The van der Waals surface area contributed by atoms with Gasteiger partial charge in [0.15, 0.2) is 0 Å². The number of benzene rings is 2. The molecule has 8 heteroatoms. The molecule has 3 heterocycles. The van der Waals surface area contributed by atoms with Crippen molar-refractivity contribution in [3.63, 3.8) is 0 Å². The van der Waals surface area contributed by atoms with Gasteiger partial charge in [-0.05, 0) is 24.3 Å². The highest BCUT2D eigenvalue weighted by Gasteiger charge is 2.27. The van der Waals surface area contributed by atoms with Gasteiger partial charge in [0, 0.05) is 18.0 Å². The van der Waals surface area contributed by atoms with E-state index in [9.17, 15) is 4.79 Å². The second kappa shape index (κ2) is 8.76. The molecule has 1 aliphatic rings. The number of morpholine rings is 1. The average Bonchev–Trinajstić information content (AvgIpc) is 2.86. The van der Waals surface area contributed by atoms with E-state index in [1.165, 1.54) is 6.33 Å². The van der Waals surface area contributed by atoms with E-state index in [4.69, 9.17) is 14.2 Å². The minimum atomic E-state index is -0.274. The highest BCUT2D eigenvalue weighted by molar-refractivity contribution is 5.97. The zero-order valence-electron chi connectivity index (χ0n) is 17.6. The van der Waals surface area contributed by atoms with Crippen LogP contribution in [0.3, 0.4) is 0 Å². The summed E-state index contributed by atoms with van der Waals surface area (Å²) in [4.78, 5) is 28.0. The van der Waals surface area contributed by atoms with Crippen LogP contribution in [0.25, 0.3) is 21.8 Å². The fraction of sp³-hybridized carbons (Fsp3) is 0.250. The predicted molar refractivity (Wildman–Crippen MR) is 119 cm³/mol. The zero-order chi connectivity index (χ0) is 21.9. The Hall–Kier alpha value is -3.78. The first kappa shape index (κ1) is 20.1. The van der Waals surface area contributed by atoms with Gasteiger partial charge in [-0.2, -0.15) is 0 Å². The lowest BCUT2D eigenvalue weighted by molar-refractivity contribution is -0.0406. The standard InChI is InChI=1S/C24H22N4O4/c1-30-22-12-21(27-20-9-5-2-6-17(20)22)24(29)28-10-11-31-16(13-28)14-32-23-18-7-3-4-8-19(18)25-15-26-23/h2-9,12,15-16H,10-11,13-14H2,1H3. The third kappa shape index (κ3) is 3.92. The molecule has 8 nitrogen and oxygen atoms in total. The van der Waals surface area contributed by atoms with E-state index < -0.39 is 0 Å². The summed E-state index contributed by atoms with van der Waals surface area (Å²) >= 11 is 0. The molecule has 2 aromatic carbocycles. The van der Waals surface area contributed by atoms with Crippen molar-refractivity contribution in [1.82, 2.24) is 19.9 Å². The summed E-state index contributed by atoms with van der Waals surface area (Å²) in [6, 6.07) is 17.0. The molecule has 32 heavy (non-hydrogen) atoms. The van der Waals surface area contributed by atoms with Crippen LogP contribution in [-0.4, -0.2) is 65.3 Å². The molecule has 162 valence electrons. The lowest BCUT2D eigenvalue weighted by Crippen LogP contribution is -2.47. The zero-order valence-corrected chi connectivity index (χ0v) is 17.6. The molecule has 0 radical (unpaired) electrons. The number of rotatable bonds is 5. The second-order valence-electron chi connectivity index (χ2n) is 7.48. The van der Waals surface area contributed by atoms with E-state index in [-0.39, 0.29) is 18.6 Å². The Balaban J connectivity index is 1.30. The van der Waals surface area contributed by atoms with Crippen LogP contribution < -0.4 is 9.47 Å². The summed E-state index contributed by atoms with van der Waals surface area (Å²) < 4.78 is 17.3. The van der Waals surface area contributed by atoms with Crippen LogP contribution >= 0.6 is 0 Å². The van der Waals surface area contributed by atoms with Gasteiger partial charge in [-0.25, -0.2) is 15.0 Å². The lowest BCUT2D eigenvalue weighted by atomic mass is 10.1. The van der Waals surface area contributed by atoms with Crippen molar-refractivity contribution >= 4 is 27.7 Å². The van der Waals surface area contributed by atoms with Crippen molar-refractivity contribution in [2.45, 2.75) is 6.10 Å². The van der Waals surface area contributed by atoms with Gasteiger partial charge in [0.1, 0.15) is 30.5 Å². The van der Waals surface area contributed by atoms with Crippen LogP contribution in [0.15, 0.2) is 60.9 Å². The Morgan fingerprint density at radius 1 is 1.09 bits per heavy atom. The number of hydrogen-bond acceptors (Lipinski definition) is 7. The first-order valence-electron chi connectivity index (χ1n) is 10.4. The topological polar surface area (TPSA) is 86.7 Å². The Kier molecular flexibility index (Phi) is 5.51. The Labute approximate surface area is 184 Å². The quantitative estimate of drug-likeness (QED) is 0.481. The highest BCUT2D eigenvalue weighted by atomic mass is 16.5. The maximum Gasteiger partial charge on any atom is 0.272 e. The summed E-state index contributed by atoms with van der Waals surface area (Å²) in [7, 11) is 1.59. The number of nitrogens with zero attached hydrogens (tertiary/aromatic N) is 4. The molecule has 0 bridgehead atoms. The van der Waals surface area contributed by atoms with Crippen molar-refractivity contribution in [3.8, 4) is 11.6 Å². The highest BCUT2D eigenvalue weighted by Crippen LogP contribution is 2.26. The Morgan fingerprint density at radius 2 is 1.88 bits per heavy atom. The normalized spacial score (nSPS) is 16.3. The molecule has 1 saturated heterocycles. The van der Waals surface area contributed by atoms with Gasteiger partial charge < -0.3 is 19.1 Å². The van der Waals surface area contributed by atoms with Crippen LogP contribution in [0.1, 0.15) is 10.5 Å². The van der Waals surface area contributed by atoms with Gasteiger partial charge >= 0.3 is 0 Å². The number of hydrogen-bond donors (Lipinski definition) is 0. The minimum absolute atomic E-state index is 0.158. The van der Waals surface area contributed by atoms with E-state index in [1.807, 2.05) is 48.5 Å². The molecule has 1 aliphatic heterocycles. The lowest BCUT2D eigenvalue weighted by Gasteiger charge is -2.32. The van der Waals surface area contributed by atoms with Gasteiger partial charge in [-0.15, -0.1) is 0 Å². The van der Waals surface area contributed by atoms with Crippen LogP contribution in [0.4, 0.5) is 0 Å². The summed E-state index contributed by atoms with van der Waals surface area (Å²) in [6.07, 6.45) is 1.21. The van der Waals surface area contributed by atoms with Crippen LogP contribution in [0.5, 0.6) is 11.6 Å². The molecule has 0 N–H and O–H groups in total. The first-order chi connectivity index (χ1) is 15.7. The molecule has 4 aromatic rings. The molecule has 2 aromatic heterocycles. The minimum Gasteiger partial charge on any atom is -0.496 e. The summed E-state index contributed by atoms with van der Waals surface area (Å²) in [6.45, 7) is 1.59. The molecule has 0 aliphatic carbocycles. The van der Waals surface area contributed by atoms with Crippen molar-refractivity contribution in [2.24, 2.45) is 0 Å². The number of methoxy groups -OCH3 is 1. The molecule has 0 spiro atoms. The molecular weight excluding hydrogens is 408 g/mol. The molecule has 1 amide bonds. The Bertz CT molecular complexity index is 1270. The van der Waals surface area contributed by atoms with E-state index in [2.05, 4.69) is 15.0 Å². The number of para-hydroxylation sites is 2.